The monoisotopic (exact) mass is 450 g/mol. The Morgan fingerprint density at radius 1 is 0.935 bits per heavy atom. The summed E-state index contributed by atoms with van der Waals surface area (Å²) in [5.41, 5.74) is 2.31. The van der Waals surface area contributed by atoms with Gasteiger partial charge < -0.3 is 0 Å². The summed E-state index contributed by atoms with van der Waals surface area (Å²) < 4.78 is 31.9. The van der Waals surface area contributed by atoms with Gasteiger partial charge >= 0.3 is 0 Å². The molecule has 3 aromatic carbocycles. The molecule has 8 heteroatoms. The molecule has 0 unspecified atom stereocenters. The van der Waals surface area contributed by atoms with E-state index in [9.17, 15) is 17.8 Å². The standard InChI is InChI=1S/C23H18N2O4S2/c1-30-19-11-7-16(8-12-19)15-21-23(26)25(22(24-21)17-5-3-2-4-6-17)18-9-13-20(14-10-18)31(27,28)29/h2-15H,1H3,(H,27,28,29). The van der Waals surface area contributed by atoms with Gasteiger partial charge in [-0.1, -0.05) is 42.5 Å². The van der Waals surface area contributed by atoms with E-state index in [1.807, 2.05) is 60.9 Å². The highest BCUT2D eigenvalue weighted by molar-refractivity contribution is 7.98. The second kappa shape index (κ2) is 8.50. The lowest BCUT2D eigenvalue weighted by molar-refractivity contribution is -0.113. The summed E-state index contributed by atoms with van der Waals surface area (Å²) in [7, 11) is -4.33. The molecule has 3 aromatic rings. The topological polar surface area (TPSA) is 87.0 Å². The van der Waals surface area contributed by atoms with Crippen molar-refractivity contribution >= 4 is 45.4 Å². The van der Waals surface area contributed by atoms with E-state index in [1.54, 1.807) is 17.8 Å². The number of rotatable bonds is 5. The average molecular weight is 451 g/mol. The van der Waals surface area contributed by atoms with Gasteiger partial charge in [-0.05, 0) is 54.3 Å². The van der Waals surface area contributed by atoms with Crippen LogP contribution in [0.3, 0.4) is 0 Å². The number of nitrogens with zero attached hydrogens (tertiary/aromatic N) is 2. The van der Waals surface area contributed by atoms with Gasteiger partial charge in [0.2, 0.25) is 0 Å². The first-order valence-corrected chi connectivity index (χ1v) is 12.0. The van der Waals surface area contributed by atoms with Crippen molar-refractivity contribution < 1.29 is 17.8 Å². The van der Waals surface area contributed by atoms with Gasteiger partial charge in [-0.3, -0.25) is 14.2 Å². The molecule has 0 spiro atoms. The van der Waals surface area contributed by atoms with E-state index in [0.29, 0.717) is 11.5 Å². The largest absolute Gasteiger partial charge is 0.294 e. The Labute approximate surface area is 184 Å². The Morgan fingerprint density at radius 2 is 1.58 bits per heavy atom. The van der Waals surface area contributed by atoms with Crippen LogP contribution in [0.5, 0.6) is 0 Å². The number of aliphatic imine (C=N–C) groups is 1. The zero-order chi connectivity index (χ0) is 22.0. The molecule has 0 saturated heterocycles. The molecule has 0 fully saturated rings. The summed E-state index contributed by atoms with van der Waals surface area (Å²) in [6.45, 7) is 0. The van der Waals surface area contributed by atoms with Gasteiger partial charge in [0.25, 0.3) is 16.0 Å². The predicted molar refractivity (Wildman–Crippen MR) is 123 cm³/mol. The molecular formula is C23H18N2O4S2. The molecule has 1 heterocycles. The van der Waals surface area contributed by atoms with E-state index in [0.717, 1.165) is 16.0 Å². The van der Waals surface area contributed by atoms with Crippen molar-refractivity contribution in [3.63, 3.8) is 0 Å². The number of carbonyl (C=O) groups excluding carboxylic acids is 1. The fourth-order valence-electron chi connectivity index (χ4n) is 3.16. The summed E-state index contributed by atoms with van der Waals surface area (Å²) in [5, 5.41) is 0. The summed E-state index contributed by atoms with van der Waals surface area (Å²) >= 11 is 1.63. The zero-order valence-corrected chi connectivity index (χ0v) is 18.1. The Morgan fingerprint density at radius 3 is 2.16 bits per heavy atom. The van der Waals surface area contributed by atoms with Crippen LogP contribution in [0.1, 0.15) is 11.1 Å². The third kappa shape index (κ3) is 4.46. The minimum absolute atomic E-state index is 0.245. The maximum absolute atomic E-state index is 13.3. The van der Waals surface area contributed by atoms with E-state index in [1.165, 1.54) is 29.2 Å². The fraction of sp³-hybridized carbons (Fsp3) is 0.0435. The average Bonchev–Trinajstić information content (AvgIpc) is 3.10. The van der Waals surface area contributed by atoms with Crippen LogP contribution in [-0.4, -0.2) is 31.0 Å². The number of amides is 1. The minimum Gasteiger partial charge on any atom is -0.282 e. The first-order chi connectivity index (χ1) is 14.9. The van der Waals surface area contributed by atoms with E-state index in [-0.39, 0.29) is 16.5 Å². The van der Waals surface area contributed by atoms with Crippen LogP contribution in [0.25, 0.3) is 6.08 Å². The SMILES string of the molecule is CSc1ccc(C=C2N=C(c3ccccc3)N(c3ccc(S(=O)(=O)O)cc3)C2=O)cc1. The van der Waals surface area contributed by atoms with Crippen LogP contribution >= 0.6 is 11.8 Å². The molecule has 156 valence electrons. The number of anilines is 1. The Kier molecular flexibility index (Phi) is 5.77. The number of hydrogen-bond donors (Lipinski definition) is 1. The van der Waals surface area contributed by atoms with Gasteiger partial charge in [0, 0.05) is 10.5 Å². The van der Waals surface area contributed by atoms with Crippen molar-refractivity contribution in [1.82, 2.24) is 0 Å². The lowest BCUT2D eigenvalue weighted by Crippen LogP contribution is -2.32. The first kappa shape index (κ1) is 21.0. The second-order valence-electron chi connectivity index (χ2n) is 6.71. The van der Waals surface area contributed by atoms with Crippen LogP contribution in [0.2, 0.25) is 0 Å². The van der Waals surface area contributed by atoms with Crippen molar-refractivity contribution in [2.45, 2.75) is 9.79 Å². The molecule has 0 aliphatic carbocycles. The highest BCUT2D eigenvalue weighted by atomic mass is 32.2. The number of carbonyl (C=O) groups is 1. The first-order valence-electron chi connectivity index (χ1n) is 9.29. The molecule has 1 aliphatic rings. The van der Waals surface area contributed by atoms with Gasteiger partial charge in [-0.2, -0.15) is 8.42 Å². The molecular weight excluding hydrogens is 432 g/mol. The summed E-state index contributed by atoms with van der Waals surface area (Å²) in [6.07, 6.45) is 3.72. The molecule has 0 bridgehead atoms. The van der Waals surface area contributed by atoms with E-state index < -0.39 is 10.1 Å². The zero-order valence-electron chi connectivity index (χ0n) is 16.5. The fourth-order valence-corrected chi connectivity index (χ4v) is 4.05. The third-order valence-corrected chi connectivity index (χ3v) is 6.32. The number of amidine groups is 1. The van der Waals surface area contributed by atoms with Crippen LogP contribution < -0.4 is 4.90 Å². The van der Waals surface area contributed by atoms with E-state index in [2.05, 4.69) is 4.99 Å². The summed E-state index contributed by atoms with van der Waals surface area (Å²) in [5.74, 6) is 0.115. The van der Waals surface area contributed by atoms with Crippen molar-refractivity contribution in [3.05, 3.63) is 95.7 Å². The second-order valence-corrected chi connectivity index (χ2v) is 9.01. The Balaban J connectivity index is 1.77. The third-order valence-electron chi connectivity index (χ3n) is 4.70. The molecule has 31 heavy (non-hydrogen) atoms. The molecule has 0 radical (unpaired) electrons. The highest BCUT2D eigenvalue weighted by Crippen LogP contribution is 2.29. The Hall–Kier alpha value is -3.20. The van der Waals surface area contributed by atoms with Crippen LogP contribution in [0, 0.1) is 0 Å². The quantitative estimate of drug-likeness (QED) is 0.352. The van der Waals surface area contributed by atoms with Gasteiger partial charge in [-0.25, -0.2) is 4.99 Å². The number of benzene rings is 3. The maximum Gasteiger partial charge on any atom is 0.294 e. The molecule has 0 saturated carbocycles. The van der Waals surface area contributed by atoms with Gasteiger partial charge in [0.15, 0.2) is 0 Å². The maximum atomic E-state index is 13.3. The summed E-state index contributed by atoms with van der Waals surface area (Å²) in [4.78, 5) is 20.2. The molecule has 1 amide bonds. The molecule has 4 rings (SSSR count). The lowest BCUT2D eigenvalue weighted by Gasteiger charge is -2.18. The van der Waals surface area contributed by atoms with Crippen molar-refractivity contribution in [2.24, 2.45) is 4.99 Å². The Bertz CT molecular complexity index is 1280. The number of thioether (sulfide) groups is 1. The smallest absolute Gasteiger partial charge is 0.282 e. The normalized spacial score (nSPS) is 15.4. The molecule has 0 aromatic heterocycles. The van der Waals surface area contributed by atoms with Gasteiger partial charge in [-0.15, -0.1) is 11.8 Å². The van der Waals surface area contributed by atoms with E-state index >= 15 is 0 Å². The predicted octanol–water partition coefficient (Wildman–Crippen LogP) is 4.49. The van der Waals surface area contributed by atoms with Crippen molar-refractivity contribution in [2.75, 3.05) is 11.2 Å². The van der Waals surface area contributed by atoms with Gasteiger partial charge in [0.05, 0.1) is 10.6 Å². The molecule has 1 aliphatic heterocycles. The number of hydrogen-bond acceptors (Lipinski definition) is 5. The van der Waals surface area contributed by atoms with Crippen LogP contribution in [-0.2, 0) is 14.9 Å². The molecule has 6 nitrogen and oxygen atoms in total. The lowest BCUT2D eigenvalue weighted by atomic mass is 10.1. The molecule has 0 atom stereocenters. The van der Waals surface area contributed by atoms with Crippen molar-refractivity contribution in [1.29, 1.82) is 0 Å². The van der Waals surface area contributed by atoms with Crippen molar-refractivity contribution in [3.8, 4) is 0 Å². The van der Waals surface area contributed by atoms with E-state index in [4.69, 9.17) is 0 Å². The summed E-state index contributed by atoms with van der Waals surface area (Å²) in [6, 6.07) is 22.5. The van der Waals surface area contributed by atoms with Gasteiger partial charge in [0.1, 0.15) is 11.5 Å². The minimum atomic E-state index is -4.33. The van der Waals surface area contributed by atoms with Crippen LogP contribution in [0.15, 0.2) is 99.3 Å². The highest BCUT2D eigenvalue weighted by Gasteiger charge is 2.32. The van der Waals surface area contributed by atoms with Crippen LogP contribution in [0.4, 0.5) is 5.69 Å². The molecule has 1 N–H and O–H groups in total.